The molecule has 0 bridgehead atoms. The van der Waals surface area contributed by atoms with E-state index in [1.165, 1.54) is 0 Å². The minimum absolute atomic E-state index is 0.430. The van der Waals surface area contributed by atoms with Gasteiger partial charge in [-0.25, -0.2) is 15.0 Å². The van der Waals surface area contributed by atoms with Crippen molar-refractivity contribution in [2.75, 3.05) is 7.11 Å². The summed E-state index contributed by atoms with van der Waals surface area (Å²) in [6, 6.07) is 6.09. The first-order valence-electron chi connectivity index (χ1n) is 6.88. The summed E-state index contributed by atoms with van der Waals surface area (Å²) < 4.78 is 5.26. The molecule has 4 nitrogen and oxygen atoms in total. The van der Waals surface area contributed by atoms with Crippen molar-refractivity contribution in [1.29, 1.82) is 0 Å². The summed E-state index contributed by atoms with van der Waals surface area (Å²) in [6.07, 6.45) is 1.59. The maximum Gasteiger partial charge on any atom is 0.124 e. The lowest BCUT2D eigenvalue weighted by molar-refractivity contribution is 0.182. The Labute approximate surface area is 127 Å². The maximum atomic E-state index is 5.26. The lowest BCUT2D eigenvalue weighted by Gasteiger charge is -2.08. The van der Waals surface area contributed by atoms with Gasteiger partial charge in [0.2, 0.25) is 0 Å². The van der Waals surface area contributed by atoms with Gasteiger partial charge < -0.3 is 4.74 Å². The molecule has 0 radical (unpaired) electrons. The van der Waals surface area contributed by atoms with Crippen molar-refractivity contribution in [2.24, 2.45) is 0 Å². The molecular formula is C16H17N3OS. The molecule has 0 aliphatic heterocycles. The van der Waals surface area contributed by atoms with E-state index >= 15 is 0 Å². The molecule has 21 heavy (non-hydrogen) atoms. The maximum absolute atomic E-state index is 5.26. The quantitative estimate of drug-likeness (QED) is 0.730. The van der Waals surface area contributed by atoms with Crippen LogP contribution in [0, 0.1) is 0 Å². The average molecular weight is 299 g/mol. The second-order valence-electron chi connectivity index (χ2n) is 5.19. The SMILES string of the molecule is COCc1ncnc2cccc(-c3nc(C(C)C)cs3)c12. The van der Waals surface area contributed by atoms with Crippen LogP contribution in [0.4, 0.5) is 0 Å². The van der Waals surface area contributed by atoms with Crippen LogP contribution in [0.2, 0.25) is 0 Å². The molecule has 5 heteroatoms. The van der Waals surface area contributed by atoms with Gasteiger partial charge in [-0.2, -0.15) is 0 Å². The van der Waals surface area contributed by atoms with E-state index in [4.69, 9.17) is 9.72 Å². The Morgan fingerprint density at radius 1 is 1.24 bits per heavy atom. The van der Waals surface area contributed by atoms with Gasteiger partial charge in [0.15, 0.2) is 0 Å². The number of benzene rings is 1. The number of thiazole rings is 1. The largest absolute Gasteiger partial charge is 0.378 e. The van der Waals surface area contributed by atoms with E-state index in [1.54, 1.807) is 24.8 Å². The lowest BCUT2D eigenvalue weighted by atomic mass is 10.1. The van der Waals surface area contributed by atoms with Crippen molar-refractivity contribution >= 4 is 22.2 Å². The number of aromatic nitrogens is 3. The third kappa shape index (κ3) is 2.66. The van der Waals surface area contributed by atoms with E-state index in [1.807, 2.05) is 12.1 Å². The molecule has 3 aromatic rings. The molecule has 0 amide bonds. The first kappa shape index (κ1) is 14.1. The van der Waals surface area contributed by atoms with Crippen LogP contribution >= 0.6 is 11.3 Å². The van der Waals surface area contributed by atoms with Gasteiger partial charge in [-0.1, -0.05) is 26.0 Å². The number of fused-ring (bicyclic) bond motifs is 1. The zero-order chi connectivity index (χ0) is 14.8. The molecule has 3 rings (SSSR count). The molecule has 2 heterocycles. The van der Waals surface area contributed by atoms with Crippen LogP contribution in [0.25, 0.3) is 21.5 Å². The molecular weight excluding hydrogens is 282 g/mol. The van der Waals surface area contributed by atoms with Crippen molar-refractivity contribution in [1.82, 2.24) is 15.0 Å². The van der Waals surface area contributed by atoms with Crippen LogP contribution < -0.4 is 0 Å². The summed E-state index contributed by atoms with van der Waals surface area (Å²) in [4.78, 5) is 13.5. The first-order chi connectivity index (χ1) is 10.2. The van der Waals surface area contributed by atoms with E-state index in [2.05, 4.69) is 35.3 Å². The van der Waals surface area contributed by atoms with Crippen molar-refractivity contribution in [3.05, 3.63) is 41.3 Å². The van der Waals surface area contributed by atoms with Crippen molar-refractivity contribution < 1.29 is 4.74 Å². The van der Waals surface area contributed by atoms with Gasteiger partial charge in [0.1, 0.15) is 11.3 Å². The molecule has 0 saturated heterocycles. The van der Waals surface area contributed by atoms with Crippen LogP contribution in [0.1, 0.15) is 31.2 Å². The van der Waals surface area contributed by atoms with Gasteiger partial charge in [-0.15, -0.1) is 11.3 Å². The smallest absolute Gasteiger partial charge is 0.124 e. The van der Waals surface area contributed by atoms with Gasteiger partial charge in [-0.3, -0.25) is 0 Å². The molecule has 0 aliphatic carbocycles. The average Bonchev–Trinajstić information content (AvgIpc) is 2.97. The fourth-order valence-corrected chi connectivity index (χ4v) is 3.29. The van der Waals surface area contributed by atoms with Crippen LogP contribution in [0.3, 0.4) is 0 Å². The van der Waals surface area contributed by atoms with E-state index in [0.717, 1.165) is 32.9 Å². The van der Waals surface area contributed by atoms with Gasteiger partial charge in [-0.05, 0) is 12.0 Å². The monoisotopic (exact) mass is 299 g/mol. The highest BCUT2D eigenvalue weighted by Gasteiger charge is 2.14. The standard InChI is InChI=1S/C16H17N3OS/c1-10(2)14-8-21-16(19-14)11-5-4-6-12-15(11)13(7-20-3)18-9-17-12/h4-6,8-10H,7H2,1-3H3. The Hall–Kier alpha value is -1.85. The summed E-state index contributed by atoms with van der Waals surface area (Å²) in [7, 11) is 1.68. The van der Waals surface area contributed by atoms with Crippen molar-refractivity contribution in [3.63, 3.8) is 0 Å². The molecule has 0 atom stereocenters. The molecule has 2 aromatic heterocycles. The summed E-state index contributed by atoms with van der Waals surface area (Å²) in [6.45, 7) is 4.78. The van der Waals surface area contributed by atoms with Crippen molar-refractivity contribution in [2.45, 2.75) is 26.4 Å². The molecule has 1 aromatic carbocycles. The fourth-order valence-electron chi connectivity index (χ4n) is 2.28. The van der Waals surface area contributed by atoms with Crippen molar-refractivity contribution in [3.8, 4) is 10.6 Å². The summed E-state index contributed by atoms with van der Waals surface area (Å²) in [5, 5.41) is 4.17. The van der Waals surface area contributed by atoms with E-state index in [9.17, 15) is 0 Å². The highest BCUT2D eigenvalue weighted by Crippen LogP contribution is 2.33. The fraction of sp³-hybridized carbons (Fsp3) is 0.312. The Morgan fingerprint density at radius 2 is 2.10 bits per heavy atom. The second-order valence-corrected chi connectivity index (χ2v) is 6.04. The summed E-state index contributed by atoms with van der Waals surface area (Å²) in [5.74, 6) is 0.430. The number of nitrogens with zero attached hydrogens (tertiary/aromatic N) is 3. The van der Waals surface area contributed by atoms with Gasteiger partial charge in [0.25, 0.3) is 0 Å². The van der Waals surface area contributed by atoms with Crippen LogP contribution in [0.15, 0.2) is 29.9 Å². The zero-order valence-corrected chi connectivity index (χ0v) is 13.1. The molecule has 0 N–H and O–H groups in total. The van der Waals surface area contributed by atoms with Crippen LogP contribution in [-0.4, -0.2) is 22.1 Å². The Bertz CT molecular complexity index is 762. The van der Waals surface area contributed by atoms with Crippen LogP contribution in [0.5, 0.6) is 0 Å². The highest BCUT2D eigenvalue weighted by atomic mass is 32.1. The predicted octanol–water partition coefficient (Wildman–Crippen LogP) is 4.02. The van der Waals surface area contributed by atoms with Gasteiger partial charge in [0, 0.05) is 23.4 Å². The highest BCUT2D eigenvalue weighted by molar-refractivity contribution is 7.13. The molecule has 0 aliphatic rings. The molecule has 0 unspecified atom stereocenters. The normalized spacial score (nSPS) is 11.4. The topological polar surface area (TPSA) is 47.9 Å². The third-order valence-electron chi connectivity index (χ3n) is 3.37. The summed E-state index contributed by atoms with van der Waals surface area (Å²) >= 11 is 1.67. The zero-order valence-electron chi connectivity index (χ0n) is 12.3. The second kappa shape index (κ2) is 5.87. The molecule has 0 fully saturated rings. The Morgan fingerprint density at radius 3 is 2.81 bits per heavy atom. The third-order valence-corrected chi connectivity index (χ3v) is 4.26. The summed E-state index contributed by atoms with van der Waals surface area (Å²) in [5.41, 5.74) is 4.03. The number of hydrogen-bond acceptors (Lipinski definition) is 5. The number of rotatable bonds is 4. The minimum atomic E-state index is 0.430. The van der Waals surface area contributed by atoms with Gasteiger partial charge >= 0.3 is 0 Å². The lowest BCUT2D eigenvalue weighted by Crippen LogP contribution is -1.97. The van der Waals surface area contributed by atoms with E-state index < -0.39 is 0 Å². The molecule has 0 spiro atoms. The molecule has 0 saturated carbocycles. The first-order valence-corrected chi connectivity index (χ1v) is 7.76. The molecule has 108 valence electrons. The van der Waals surface area contributed by atoms with E-state index in [-0.39, 0.29) is 0 Å². The Balaban J connectivity index is 2.21. The number of methoxy groups -OCH3 is 1. The Kier molecular flexibility index (Phi) is 3.94. The van der Waals surface area contributed by atoms with Gasteiger partial charge in [0.05, 0.1) is 23.5 Å². The number of hydrogen-bond donors (Lipinski definition) is 0. The van der Waals surface area contributed by atoms with Crippen LogP contribution in [-0.2, 0) is 11.3 Å². The number of ether oxygens (including phenoxy) is 1. The minimum Gasteiger partial charge on any atom is -0.378 e. The van der Waals surface area contributed by atoms with E-state index in [0.29, 0.717) is 12.5 Å². The predicted molar refractivity (Wildman–Crippen MR) is 85.4 cm³/mol.